The van der Waals surface area contributed by atoms with Crippen LogP contribution in [0, 0.1) is 13.8 Å². The second kappa shape index (κ2) is 17.2. The highest BCUT2D eigenvalue weighted by atomic mass is 13.8. The minimum atomic E-state index is 1.10. The van der Waals surface area contributed by atoms with Crippen molar-refractivity contribution in [3.63, 3.8) is 0 Å². The van der Waals surface area contributed by atoms with Crippen molar-refractivity contribution in [2.75, 3.05) is 0 Å². The fraction of sp³-hybridized carbons (Fsp3) is 0.833. The first-order valence-electron chi connectivity index (χ1n) is 5.41. The highest BCUT2D eigenvalue weighted by molar-refractivity contribution is 4.39. The van der Waals surface area contributed by atoms with Gasteiger partial charge in [0.15, 0.2) is 0 Å². The van der Waals surface area contributed by atoms with Gasteiger partial charge in [-0.05, 0) is 0 Å². The van der Waals surface area contributed by atoms with Crippen LogP contribution in [0.15, 0.2) is 0 Å². The van der Waals surface area contributed by atoms with Crippen LogP contribution >= 0.6 is 0 Å². The first-order chi connectivity index (χ1) is 5.83. The monoisotopic (exact) mass is 170 g/mol. The zero-order valence-electron chi connectivity index (χ0n) is 9.07. The Balaban J connectivity index is 0. The van der Waals surface area contributed by atoms with Crippen molar-refractivity contribution in [3.8, 4) is 0 Å². The molecule has 74 valence electrons. The topological polar surface area (TPSA) is 0 Å². The molecule has 0 aromatic rings. The van der Waals surface area contributed by atoms with E-state index < -0.39 is 0 Å². The Kier molecular flexibility index (Phi) is 20.8. The molecule has 0 aliphatic heterocycles. The average molecular weight is 170 g/mol. The fourth-order valence-electron chi connectivity index (χ4n) is 0.854. The van der Waals surface area contributed by atoms with E-state index in [9.17, 15) is 0 Å². The Labute approximate surface area is 79.8 Å². The molecular formula is C12H26. The summed E-state index contributed by atoms with van der Waals surface area (Å²) in [7, 11) is 0. The van der Waals surface area contributed by atoms with Gasteiger partial charge in [0, 0.05) is 0 Å². The summed E-state index contributed by atoms with van der Waals surface area (Å²) in [6.45, 7) is 11.9. The van der Waals surface area contributed by atoms with Crippen LogP contribution in [0.1, 0.15) is 65.2 Å². The Hall–Kier alpha value is 0. The molecule has 0 heterocycles. The van der Waals surface area contributed by atoms with Crippen LogP contribution in [-0.4, -0.2) is 0 Å². The maximum absolute atomic E-state index is 3.72. The van der Waals surface area contributed by atoms with Gasteiger partial charge in [-0.25, -0.2) is 0 Å². The first kappa shape index (κ1) is 14.5. The van der Waals surface area contributed by atoms with Gasteiger partial charge in [0.05, 0.1) is 0 Å². The van der Waals surface area contributed by atoms with E-state index in [1.807, 2.05) is 0 Å². The predicted molar refractivity (Wildman–Crippen MR) is 59.0 cm³/mol. The molecule has 0 amide bonds. The van der Waals surface area contributed by atoms with E-state index in [1.54, 1.807) is 0 Å². The van der Waals surface area contributed by atoms with Crippen LogP contribution < -0.4 is 0 Å². The standard InChI is InChI=1S/2C6H13/c2*1-3-5-6-4-2/h2*1,3-6H2,2H3. The van der Waals surface area contributed by atoms with E-state index in [0.717, 1.165) is 12.8 Å². The fourth-order valence-corrected chi connectivity index (χ4v) is 0.854. The third kappa shape index (κ3) is 22.5. The van der Waals surface area contributed by atoms with E-state index in [1.165, 1.54) is 38.5 Å². The summed E-state index contributed by atoms with van der Waals surface area (Å²) in [6.07, 6.45) is 10.1. The van der Waals surface area contributed by atoms with Crippen molar-refractivity contribution in [2.45, 2.75) is 65.2 Å². The van der Waals surface area contributed by atoms with Crippen molar-refractivity contribution in [1.29, 1.82) is 0 Å². The molecule has 0 nitrogen and oxygen atoms in total. The number of hydrogen-bond acceptors (Lipinski definition) is 0. The van der Waals surface area contributed by atoms with Crippen molar-refractivity contribution < 1.29 is 0 Å². The minimum Gasteiger partial charge on any atom is -0.0654 e. The van der Waals surface area contributed by atoms with Crippen LogP contribution in [0.5, 0.6) is 0 Å². The lowest BCUT2D eigenvalue weighted by atomic mass is 10.2. The molecule has 0 saturated heterocycles. The smallest absolute Gasteiger partial charge is 0.0533 e. The van der Waals surface area contributed by atoms with Gasteiger partial charge in [0.25, 0.3) is 0 Å². The van der Waals surface area contributed by atoms with Crippen LogP contribution in [0.3, 0.4) is 0 Å². The molecule has 0 fully saturated rings. The molecule has 0 bridgehead atoms. The Morgan fingerprint density at radius 1 is 0.667 bits per heavy atom. The van der Waals surface area contributed by atoms with Crippen LogP contribution in [0.2, 0.25) is 0 Å². The Morgan fingerprint density at radius 3 is 1.08 bits per heavy atom. The van der Waals surface area contributed by atoms with Gasteiger partial charge >= 0.3 is 0 Å². The molecule has 12 heavy (non-hydrogen) atoms. The molecule has 0 aliphatic carbocycles. The van der Waals surface area contributed by atoms with Crippen molar-refractivity contribution >= 4 is 0 Å². The lowest BCUT2D eigenvalue weighted by Gasteiger charge is -1.86. The highest BCUT2D eigenvalue weighted by Crippen LogP contribution is 1.95. The van der Waals surface area contributed by atoms with Gasteiger partial charge in [-0.1, -0.05) is 79.1 Å². The van der Waals surface area contributed by atoms with Gasteiger partial charge in [-0.3, -0.25) is 0 Å². The van der Waals surface area contributed by atoms with Gasteiger partial charge in [-0.15, -0.1) is 0 Å². The van der Waals surface area contributed by atoms with Crippen molar-refractivity contribution in [2.24, 2.45) is 0 Å². The molecule has 0 heteroatoms. The molecule has 0 saturated carbocycles. The van der Waals surface area contributed by atoms with Crippen LogP contribution in [0.4, 0.5) is 0 Å². The predicted octanol–water partition coefficient (Wildman–Crippen LogP) is 4.80. The molecule has 2 radical (unpaired) electrons. The third-order valence-electron chi connectivity index (χ3n) is 1.71. The summed E-state index contributed by atoms with van der Waals surface area (Å²) in [6, 6.07) is 0. The van der Waals surface area contributed by atoms with E-state index in [2.05, 4.69) is 27.7 Å². The molecule has 0 unspecified atom stereocenters. The quantitative estimate of drug-likeness (QED) is 0.502. The van der Waals surface area contributed by atoms with E-state index in [4.69, 9.17) is 0 Å². The Morgan fingerprint density at radius 2 is 1.00 bits per heavy atom. The maximum Gasteiger partial charge on any atom is -0.0533 e. The summed E-state index contributed by atoms with van der Waals surface area (Å²) in [4.78, 5) is 0. The molecule has 0 atom stereocenters. The largest absolute Gasteiger partial charge is 0.0654 e. The van der Waals surface area contributed by atoms with Gasteiger partial charge in [0.1, 0.15) is 0 Å². The maximum atomic E-state index is 3.72. The SMILES string of the molecule is [CH2]CCCCC.[CH2]CCCCC. The number of unbranched alkanes of at least 4 members (excludes halogenated alkanes) is 6. The molecule has 0 aromatic heterocycles. The van der Waals surface area contributed by atoms with Crippen molar-refractivity contribution in [1.82, 2.24) is 0 Å². The molecule has 0 rings (SSSR count). The summed E-state index contributed by atoms with van der Waals surface area (Å²) in [5.74, 6) is 0. The minimum absolute atomic E-state index is 1.10. The number of hydrogen-bond donors (Lipinski definition) is 0. The van der Waals surface area contributed by atoms with Crippen LogP contribution in [0.25, 0.3) is 0 Å². The number of rotatable bonds is 6. The zero-order chi connectivity index (χ0) is 9.66. The molecule has 0 aliphatic rings. The second-order valence-corrected chi connectivity index (χ2v) is 3.12. The normalized spacial score (nSPS) is 9.00. The summed E-state index contributed by atoms with van der Waals surface area (Å²) in [5.41, 5.74) is 0. The summed E-state index contributed by atoms with van der Waals surface area (Å²) in [5, 5.41) is 0. The summed E-state index contributed by atoms with van der Waals surface area (Å²) < 4.78 is 0. The lowest BCUT2D eigenvalue weighted by molar-refractivity contribution is 0.728. The van der Waals surface area contributed by atoms with Crippen molar-refractivity contribution in [3.05, 3.63) is 13.8 Å². The average Bonchev–Trinajstić information content (AvgIpc) is 2.12. The molecular weight excluding hydrogens is 144 g/mol. The van der Waals surface area contributed by atoms with E-state index in [0.29, 0.717) is 0 Å². The molecule has 0 aromatic carbocycles. The molecule has 0 spiro atoms. The zero-order valence-corrected chi connectivity index (χ0v) is 9.07. The Bertz CT molecular complexity index is 32.0. The van der Waals surface area contributed by atoms with Gasteiger partial charge in [-0.2, -0.15) is 0 Å². The van der Waals surface area contributed by atoms with Crippen LogP contribution in [-0.2, 0) is 0 Å². The first-order valence-corrected chi connectivity index (χ1v) is 5.41. The molecule has 0 N–H and O–H groups in total. The van der Waals surface area contributed by atoms with E-state index >= 15 is 0 Å². The van der Waals surface area contributed by atoms with Gasteiger partial charge < -0.3 is 0 Å². The summed E-state index contributed by atoms with van der Waals surface area (Å²) >= 11 is 0. The highest BCUT2D eigenvalue weighted by Gasteiger charge is 1.76. The second-order valence-electron chi connectivity index (χ2n) is 3.12. The van der Waals surface area contributed by atoms with E-state index in [-0.39, 0.29) is 0 Å². The third-order valence-corrected chi connectivity index (χ3v) is 1.71. The lowest BCUT2D eigenvalue weighted by Crippen LogP contribution is -1.66. The van der Waals surface area contributed by atoms with Gasteiger partial charge in [0.2, 0.25) is 0 Å².